The lowest BCUT2D eigenvalue weighted by Crippen LogP contribution is -2.40. The van der Waals surface area contributed by atoms with Gasteiger partial charge in [-0.15, -0.1) is 0 Å². The number of nitro groups is 1. The number of rotatable bonds is 9. The van der Waals surface area contributed by atoms with Gasteiger partial charge in [0.15, 0.2) is 6.61 Å². The Labute approximate surface area is 142 Å². The number of nitro benzene ring substituents is 1. The summed E-state index contributed by atoms with van der Waals surface area (Å²) in [5.74, 6) is -1.07. The van der Waals surface area contributed by atoms with E-state index in [4.69, 9.17) is 5.73 Å². The molecule has 1 atom stereocenters. The molecule has 0 aliphatic heterocycles. The van der Waals surface area contributed by atoms with Crippen LogP contribution in [0.25, 0.3) is 0 Å². The highest BCUT2D eigenvalue weighted by molar-refractivity contribution is 5.98. The van der Waals surface area contributed by atoms with Gasteiger partial charge in [-0.1, -0.05) is 19.8 Å². The molecule has 1 unspecified atom stereocenters. The number of halogens is 3. The van der Waals surface area contributed by atoms with Gasteiger partial charge in [-0.05, 0) is 18.6 Å². The zero-order valence-electron chi connectivity index (χ0n) is 13.6. The van der Waals surface area contributed by atoms with Crippen LogP contribution in [0.1, 0.15) is 36.5 Å². The highest BCUT2D eigenvalue weighted by atomic mass is 19.4. The fourth-order valence-corrected chi connectivity index (χ4v) is 2.07. The van der Waals surface area contributed by atoms with Crippen molar-refractivity contribution in [3.8, 4) is 5.75 Å². The molecule has 1 aromatic rings. The number of benzene rings is 1. The first-order valence-electron chi connectivity index (χ1n) is 7.66. The molecule has 10 heteroatoms. The summed E-state index contributed by atoms with van der Waals surface area (Å²) in [4.78, 5) is 22.6. The first-order valence-corrected chi connectivity index (χ1v) is 7.66. The lowest BCUT2D eigenvalue weighted by Gasteiger charge is -2.17. The number of nitrogens with zero attached hydrogens (tertiary/aromatic N) is 1. The Balaban J connectivity index is 2.99. The molecule has 1 amide bonds. The third-order valence-electron chi connectivity index (χ3n) is 3.34. The molecule has 25 heavy (non-hydrogen) atoms. The van der Waals surface area contributed by atoms with E-state index in [2.05, 4.69) is 10.1 Å². The van der Waals surface area contributed by atoms with Crippen LogP contribution in [-0.4, -0.2) is 36.2 Å². The number of nitrogens with one attached hydrogen (secondary N) is 1. The van der Waals surface area contributed by atoms with E-state index in [1.54, 1.807) is 0 Å². The normalized spacial score (nSPS) is 12.5. The molecule has 0 aliphatic carbocycles. The Kier molecular flexibility index (Phi) is 7.62. The van der Waals surface area contributed by atoms with Crippen molar-refractivity contribution in [2.45, 2.75) is 38.4 Å². The first kappa shape index (κ1) is 20.7. The Morgan fingerprint density at radius 3 is 2.64 bits per heavy atom. The van der Waals surface area contributed by atoms with Crippen LogP contribution < -0.4 is 15.8 Å². The number of carbonyl (C=O) groups excluding carboxylic acids is 1. The molecule has 0 saturated carbocycles. The largest absolute Gasteiger partial charge is 0.484 e. The van der Waals surface area contributed by atoms with E-state index in [0.29, 0.717) is 6.42 Å². The van der Waals surface area contributed by atoms with Crippen LogP contribution >= 0.6 is 0 Å². The number of ether oxygens (including phenoxy) is 1. The predicted molar refractivity (Wildman–Crippen MR) is 84.5 cm³/mol. The highest BCUT2D eigenvalue weighted by Crippen LogP contribution is 2.26. The van der Waals surface area contributed by atoms with Gasteiger partial charge >= 0.3 is 6.18 Å². The van der Waals surface area contributed by atoms with Crippen molar-refractivity contribution >= 4 is 11.6 Å². The van der Waals surface area contributed by atoms with Crippen molar-refractivity contribution in [3.63, 3.8) is 0 Å². The minimum absolute atomic E-state index is 0.143. The quantitative estimate of drug-likeness (QED) is 0.518. The second-order valence-electron chi connectivity index (χ2n) is 5.39. The van der Waals surface area contributed by atoms with Crippen LogP contribution in [0.3, 0.4) is 0 Å². The maximum Gasteiger partial charge on any atom is 0.422 e. The van der Waals surface area contributed by atoms with Gasteiger partial charge in [0.25, 0.3) is 11.6 Å². The van der Waals surface area contributed by atoms with Crippen LogP contribution in [-0.2, 0) is 0 Å². The smallest absolute Gasteiger partial charge is 0.422 e. The third kappa shape index (κ3) is 6.96. The SMILES string of the molecule is CCCCC(CN)NC(=O)c1cc(OCC(F)(F)F)ccc1[N+](=O)[O-]. The monoisotopic (exact) mass is 363 g/mol. The van der Waals surface area contributed by atoms with E-state index in [1.807, 2.05) is 6.92 Å². The molecule has 0 aromatic heterocycles. The number of hydrogen-bond donors (Lipinski definition) is 2. The zero-order valence-corrected chi connectivity index (χ0v) is 13.6. The second-order valence-corrected chi connectivity index (χ2v) is 5.39. The number of nitrogens with two attached hydrogens (primary N) is 1. The van der Waals surface area contributed by atoms with Crippen molar-refractivity contribution in [2.24, 2.45) is 5.73 Å². The molecule has 0 saturated heterocycles. The minimum atomic E-state index is -4.56. The van der Waals surface area contributed by atoms with E-state index >= 15 is 0 Å². The first-order chi connectivity index (χ1) is 11.7. The summed E-state index contributed by atoms with van der Waals surface area (Å²) in [6, 6.07) is 2.49. The molecule has 1 aromatic carbocycles. The van der Waals surface area contributed by atoms with E-state index in [0.717, 1.165) is 31.0 Å². The summed E-state index contributed by atoms with van der Waals surface area (Å²) in [6.07, 6.45) is -2.28. The molecule has 0 spiro atoms. The number of alkyl halides is 3. The molecular weight excluding hydrogens is 343 g/mol. The topological polar surface area (TPSA) is 107 Å². The van der Waals surface area contributed by atoms with Gasteiger partial charge in [0.1, 0.15) is 11.3 Å². The summed E-state index contributed by atoms with van der Waals surface area (Å²) < 4.78 is 41.2. The summed E-state index contributed by atoms with van der Waals surface area (Å²) in [6.45, 7) is 0.541. The number of unbranched alkanes of at least 4 members (excludes halogenated alkanes) is 1. The maximum atomic E-state index is 12.3. The van der Waals surface area contributed by atoms with Crippen molar-refractivity contribution in [1.29, 1.82) is 0 Å². The molecule has 0 fully saturated rings. The molecule has 0 aliphatic rings. The summed E-state index contributed by atoms with van der Waals surface area (Å²) in [5, 5.41) is 13.6. The zero-order chi connectivity index (χ0) is 19.0. The van der Waals surface area contributed by atoms with Gasteiger partial charge < -0.3 is 15.8 Å². The lowest BCUT2D eigenvalue weighted by atomic mass is 10.1. The average molecular weight is 363 g/mol. The molecule has 0 radical (unpaired) electrons. The molecule has 3 N–H and O–H groups in total. The third-order valence-corrected chi connectivity index (χ3v) is 3.34. The Morgan fingerprint density at radius 1 is 1.44 bits per heavy atom. The van der Waals surface area contributed by atoms with Gasteiger partial charge in [0.2, 0.25) is 0 Å². The second kappa shape index (κ2) is 9.21. The van der Waals surface area contributed by atoms with Gasteiger partial charge in [0, 0.05) is 18.7 Å². The number of hydrogen-bond acceptors (Lipinski definition) is 5. The van der Waals surface area contributed by atoms with Crippen molar-refractivity contribution < 1.29 is 27.6 Å². The minimum Gasteiger partial charge on any atom is -0.484 e. The molecule has 140 valence electrons. The van der Waals surface area contributed by atoms with Crippen molar-refractivity contribution in [1.82, 2.24) is 5.32 Å². The summed E-state index contributed by atoms with van der Waals surface area (Å²) in [5.41, 5.74) is 4.66. The van der Waals surface area contributed by atoms with Gasteiger partial charge in [-0.2, -0.15) is 13.2 Å². The molecule has 0 bridgehead atoms. The summed E-state index contributed by atoms with van der Waals surface area (Å²) in [7, 11) is 0. The Morgan fingerprint density at radius 2 is 2.12 bits per heavy atom. The average Bonchev–Trinajstić information content (AvgIpc) is 2.55. The maximum absolute atomic E-state index is 12.3. The Hall–Kier alpha value is -2.36. The lowest BCUT2D eigenvalue weighted by molar-refractivity contribution is -0.385. The molecule has 7 nitrogen and oxygen atoms in total. The van der Waals surface area contributed by atoms with Crippen LogP contribution in [0.2, 0.25) is 0 Å². The van der Waals surface area contributed by atoms with E-state index in [9.17, 15) is 28.1 Å². The van der Waals surface area contributed by atoms with Crippen LogP contribution in [0, 0.1) is 10.1 Å². The predicted octanol–water partition coefficient (Wildman–Crippen LogP) is 2.78. The van der Waals surface area contributed by atoms with E-state index in [1.165, 1.54) is 0 Å². The molecular formula is C15H20F3N3O4. The van der Waals surface area contributed by atoms with Gasteiger partial charge in [-0.25, -0.2) is 0 Å². The van der Waals surface area contributed by atoms with Gasteiger partial charge in [-0.3, -0.25) is 14.9 Å². The highest BCUT2D eigenvalue weighted by Gasteiger charge is 2.29. The van der Waals surface area contributed by atoms with Crippen LogP contribution in [0.15, 0.2) is 18.2 Å². The number of carbonyl (C=O) groups is 1. The van der Waals surface area contributed by atoms with E-state index in [-0.39, 0.29) is 23.9 Å². The molecule has 0 heterocycles. The summed E-state index contributed by atoms with van der Waals surface area (Å²) >= 11 is 0. The van der Waals surface area contributed by atoms with E-state index < -0.39 is 29.3 Å². The Bertz CT molecular complexity index is 608. The standard InChI is InChI=1S/C15H20F3N3O4/c1-2-3-4-10(8-19)20-14(22)12-7-11(25-9-15(16,17)18)5-6-13(12)21(23)24/h5-7,10H,2-4,8-9,19H2,1H3,(H,20,22). The fourth-order valence-electron chi connectivity index (χ4n) is 2.07. The number of amides is 1. The van der Waals surface area contributed by atoms with Gasteiger partial charge in [0.05, 0.1) is 4.92 Å². The van der Waals surface area contributed by atoms with Crippen LogP contribution in [0.5, 0.6) is 5.75 Å². The molecule has 1 rings (SSSR count). The van der Waals surface area contributed by atoms with Crippen LogP contribution in [0.4, 0.5) is 18.9 Å². The fraction of sp³-hybridized carbons (Fsp3) is 0.533. The van der Waals surface area contributed by atoms with Crippen molar-refractivity contribution in [3.05, 3.63) is 33.9 Å². The van der Waals surface area contributed by atoms with Crippen molar-refractivity contribution in [2.75, 3.05) is 13.2 Å².